The van der Waals surface area contributed by atoms with Gasteiger partial charge in [-0.05, 0) is 20.3 Å². The molecule has 0 amide bonds. The second-order valence-electron chi connectivity index (χ2n) is 4.44. The van der Waals surface area contributed by atoms with Crippen molar-refractivity contribution in [3.8, 4) is 0 Å². The van der Waals surface area contributed by atoms with Crippen molar-refractivity contribution >= 4 is 5.69 Å². The molecule has 18 heavy (non-hydrogen) atoms. The number of nitrogen functional groups attached to an aromatic ring is 1. The van der Waals surface area contributed by atoms with E-state index in [0.29, 0.717) is 13.2 Å². The van der Waals surface area contributed by atoms with Crippen molar-refractivity contribution in [3.05, 3.63) is 27.0 Å². The molecule has 0 atom stereocenters. The van der Waals surface area contributed by atoms with E-state index in [0.717, 1.165) is 11.0 Å². The van der Waals surface area contributed by atoms with E-state index in [9.17, 15) is 9.59 Å². The van der Waals surface area contributed by atoms with Gasteiger partial charge in [-0.3, -0.25) is 13.9 Å². The molecule has 0 aliphatic rings. The van der Waals surface area contributed by atoms with E-state index < -0.39 is 5.56 Å². The molecule has 0 fully saturated rings. The second kappa shape index (κ2) is 6.39. The lowest BCUT2D eigenvalue weighted by Gasteiger charge is -2.12. The highest BCUT2D eigenvalue weighted by Gasteiger charge is 2.09. The van der Waals surface area contributed by atoms with Gasteiger partial charge in [-0.15, -0.1) is 0 Å². The fraction of sp³-hybridized carbons (Fsp3) is 0.667. The number of aromatic nitrogens is 2. The maximum absolute atomic E-state index is 12.0. The first-order valence-corrected chi connectivity index (χ1v) is 6.18. The molecular formula is C12H21N3O3. The minimum Gasteiger partial charge on any atom is -0.393 e. The van der Waals surface area contributed by atoms with Crippen molar-refractivity contribution in [1.82, 2.24) is 9.13 Å². The van der Waals surface area contributed by atoms with Crippen LogP contribution in [0.2, 0.25) is 0 Å². The molecule has 0 aromatic carbocycles. The van der Waals surface area contributed by atoms with Crippen LogP contribution in [-0.4, -0.2) is 21.8 Å². The molecule has 0 saturated heterocycles. The first kappa shape index (κ1) is 14.5. The molecule has 0 radical (unpaired) electrons. The number of nitrogens with zero attached hydrogens (tertiary/aromatic N) is 2. The van der Waals surface area contributed by atoms with Gasteiger partial charge in [0, 0.05) is 12.7 Å². The molecule has 0 saturated carbocycles. The molecule has 0 unspecified atom stereocenters. The lowest BCUT2D eigenvalue weighted by Crippen LogP contribution is -2.41. The predicted molar refractivity (Wildman–Crippen MR) is 70.8 cm³/mol. The van der Waals surface area contributed by atoms with Crippen molar-refractivity contribution in [1.29, 1.82) is 0 Å². The Hall–Kier alpha value is -1.56. The summed E-state index contributed by atoms with van der Waals surface area (Å²) in [6.45, 7) is 6.86. The first-order valence-electron chi connectivity index (χ1n) is 6.18. The van der Waals surface area contributed by atoms with Crippen LogP contribution < -0.4 is 17.0 Å². The zero-order chi connectivity index (χ0) is 13.7. The van der Waals surface area contributed by atoms with Gasteiger partial charge in [-0.2, -0.15) is 0 Å². The Morgan fingerprint density at radius 2 is 2.00 bits per heavy atom. The smallest absolute Gasteiger partial charge is 0.331 e. The van der Waals surface area contributed by atoms with Crippen molar-refractivity contribution < 1.29 is 4.74 Å². The summed E-state index contributed by atoms with van der Waals surface area (Å²) in [5.74, 6) is 0. The molecule has 1 heterocycles. The summed E-state index contributed by atoms with van der Waals surface area (Å²) in [5.41, 5.74) is 4.93. The first-order chi connectivity index (χ1) is 8.47. The van der Waals surface area contributed by atoms with Crippen LogP contribution in [-0.2, 0) is 17.8 Å². The minimum atomic E-state index is -0.445. The summed E-state index contributed by atoms with van der Waals surface area (Å²) in [7, 11) is 0. The van der Waals surface area contributed by atoms with E-state index in [1.807, 2.05) is 20.8 Å². The van der Waals surface area contributed by atoms with Crippen LogP contribution in [0.1, 0.15) is 27.2 Å². The minimum absolute atomic E-state index is 0.0691. The number of aryl methyl sites for hydroxylation is 1. The van der Waals surface area contributed by atoms with Gasteiger partial charge in [-0.25, -0.2) is 4.79 Å². The summed E-state index contributed by atoms with van der Waals surface area (Å²) < 4.78 is 7.94. The summed E-state index contributed by atoms with van der Waals surface area (Å²) in [6, 6.07) is 0. The Kier molecular flexibility index (Phi) is 5.15. The van der Waals surface area contributed by atoms with E-state index in [1.165, 1.54) is 10.8 Å². The largest absolute Gasteiger partial charge is 0.393 e. The van der Waals surface area contributed by atoms with Gasteiger partial charge >= 0.3 is 5.69 Å². The van der Waals surface area contributed by atoms with Crippen LogP contribution in [0.25, 0.3) is 0 Å². The zero-order valence-electron chi connectivity index (χ0n) is 11.2. The Morgan fingerprint density at radius 3 is 2.56 bits per heavy atom. The van der Waals surface area contributed by atoms with Crippen molar-refractivity contribution in [3.63, 3.8) is 0 Å². The predicted octanol–water partition coefficient (Wildman–Crippen LogP) is 0.427. The molecule has 0 aliphatic carbocycles. The van der Waals surface area contributed by atoms with E-state index in [4.69, 9.17) is 10.5 Å². The van der Waals surface area contributed by atoms with Gasteiger partial charge in [0.1, 0.15) is 5.69 Å². The third-order valence-electron chi connectivity index (χ3n) is 2.49. The van der Waals surface area contributed by atoms with E-state index in [2.05, 4.69) is 0 Å². The van der Waals surface area contributed by atoms with Crippen molar-refractivity contribution in [2.75, 3.05) is 12.3 Å². The maximum Gasteiger partial charge on any atom is 0.331 e. The average Bonchev–Trinajstić information content (AvgIpc) is 2.30. The topological polar surface area (TPSA) is 79.2 Å². The molecule has 6 nitrogen and oxygen atoms in total. The summed E-state index contributed by atoms with van der Waals surface area (Å²) >= 11 is 0. The van der Waals surface area contributed by atoms with Gasteiger partial charge in [0.25, 0.3) is 5.56 Å². The molecule has 6 heteroatoms. The van der Waals surface area contributed by atoms with Gasteiger partial charge in [0.2, 0.25) is 0 Å². The number of hydrogen-bond acceptors (Lipinski definition) is 4. The van der Waals surface area contributed by atoms with Gasteiger partial charge in [0.05, 0.1) is 19.3 Å². The Labute approximate surface area is 106 Å². The maximum atomic E-state index is 12.0. The summed E-state index contributed by atoms with van der Waals surface area (Å²) in [6.07, 6.45) is 2.29. The van der Waals surface area contributed by atoms with E-state index in [1.54, 1.807) is 0 Å². The number of ether oxygens (including phenoxy) is 1. The molecule has 2 N–H and O–H groups in total. The standard InChI is InChI=1S/C12H21N3O3/c1-4-5-14-8-10(13)11(16)15(12(14)17)6-7-18-9(2)3/h8-9H,4-7,13H2,1-3H3. The Morgan fingerprint density at radius 1 is 1.33 bits per heavy atom. The van der Waals surface area contributed by atoms with Crippen molar-refractivity contribution in [2.45, 2.75) is 46.4 Å². The van der Waals surface area contributed by atoms with Gasteiger partial charge in [0.15, 0.2) is 0 Å². The number of nitrogens with two attached hydrogens (primary N) is 1. The molecule has 1 aromatic heterocycles. The monoisotopic (exact) mass is 255 g/mol. The number of hydrogen-bond donors (Lipinski definition) is 1. The number of rotatable bonds is 6. The Bertz CT molecular complexity index is 502. The third-order valence-corrected chi connectivity index (χ3v) is 2.49. The summed E-state index contributed by atoms with van der Waals surface area (Å²) in [5, 5.41) is 0. The molecule has 1 rings (SSSR count). The highest BCUT2D eigenvalue weighted by Crippen LogP contribution is 1.93. The molecular weight excluding hydrogens is 234 g/mol. The van der Waals surface area contributed by atoms with Crippen LogP contribution >= 0.6 is 0 Å². The molecule has 0 spiro atoms. The lowest BCUT2D eigenvalue weighted by molar-refractivity contribution is 0.0714. The van der Waals surface area contributed by atoms with Crippen LogP contribution in [0.3, 0.4) is 0 Å². The van der Waals surface area contributed by atoms with E-state index >= 15 is 0 Å². The molecule has 1 aromatic rings. The van der Waals surface area contributed by atoms with Crippen LogP contribution in [0.15, 0.2) is 15.8 Å². The van der Waals surface area contributed by atoms with Crippen LogP contribution in [0, 0.1) is 0 Å². The zero-order valence-corrected chi connectivity index (χ0v) is 11.2. The summed E-state index contributed by atoms with van der Waals surface area (Å²) in [4.78, 5) is 23.8. The Balaban J connectivity index is 3.02. The normalized spacial score (nSPS) is 11.1. The van der Waals surface area contributed by atoms with Crippen molar-refractivity contribution in [2.24, 2.45) is 0 Å². The second-order valence-corrected chi connectivity index (χ2v) is 4.44. The van der Waals surface area contributed by atoms with E-state index in [-0.39, 0.29) is 24.0 Å². The molecule has 0 aliphatic heterocycles. The lowest BCUT2D eigenvalue weighted by atomic mass is 10.4. The quantitative estimate of drug-likeness (QED) is 0.799. The average molecular weight is 255 g/mol. The van der Waals surface area contributed by atoms with Crippen LogP contribution in [0.4, 0.5) is 5.69 Å². The van der Waals surface area contributed by atoms with Gasteiger partial charge < -0.3 is 10.5 Å². The fourth-order valence-corrected chi connectivity index (χ4v) is 1.65. The molecule has 102 valence electrons. The SMILES string of the molecule is CCCn1cc(N)c(=O)n(CCOC(C)C)c1=O. The third kappa shape index (κ3) is 3.46. The highest BCUT2D eigenvalue weighted by molar-refractivity contribution is 5.30. The van der Waals surface area contributed by atoms with Crippen LogP contribution in [0.5, 0.6) is 0 Å². The molecule has 0 bridgehead atoms. The van der Waals surface area contributed by atoms with Gasteiger partial charge in [-0.1, -0.05) is 6.92 Å². The highest BCUT2D eigenvalue weighted by atomic mass is 16.5. The number of anilines is 1. The fourth-order valence-electron chi connectivity index (χ4n) is 1.65.